The fourth-order valence-electron chi connectivity index (χ4n) is 2.37. The van der Waals surface area contributed by atoms with Crippen molar-refractivity contribution in [3.8, 4) is 6.07 Å². The molecule has 1 aliphatic heterocycles. The maximum absolute atomic E-state index is 11.3. The van der Waals surface area contributed by atoms with Gasteiger partial charge >= 0.3 is 5.69 Å². The molecule has 108 valence electrons. The zero-order valence-corrected chi connectivity index (χ0v) is 11.6. The van der Waals surface area contributed by atoms with Gasteiger partial charge in [-0.2, -0.15) is 10.4 Å². The number of anilines is 1. The highest BCUT2D eigenvalue weighted by Gasteiger charge is 2.32. The highest BCUT2D eigenvalue weighted by molar-refractivity contribution is 5.61. The molecule has 1 fully saturated rings. The Morgan fingerprint density at radius 2 is 2.40 bits per heavy atom. The molecule has 1 atom stereocenters. The summed E-state index contributed by atoms with van der Waals surface area (Å²) < 4.78 is 6.94. The van der Waals surface area contributed by atoms with Gasteiger partial charge in [0.15, 0.2) is 6.10 Å². The van der Waals surface area contributed by atoms with E-state index in [1.807, 2.05) is 17.9 Å². The van der Waals surface area contributed by atoms with E-state index < -0.39 is 11.0 Å². The van der Waals surface area contributed by atoms with Crippen LogP contribution in [0.1, 0.15) is 19.0 Å². The van der Waals surface area contributed by atoms with E-state index in [4.69, 9.17) is 10.00 Å². The standard InChI is InChI=1S/C12H17N5O3/c1-3-4-16-12(11(17(18)19)9(2)14-16)15-5-6-20-10(7-13)8-15/h10H,3-6,8H2,1-2H3. The molecule has 0 aromatic carbocycles. The van der Waals surface area contributed by atoms with Gasteiger partial charge in [-0.15, -0.1) is 0 Å². The lowest BCUT2D eigenvalue weighted by Crippen LogP contribution is -2.43. The summed E-state index contributed by atoms with van der Waals surface area (Å²) in [5.74, 6) is 0.484. The van der Waals surface area contributed by atoms with Gasteiger partial charge in [-0.3, -0.25) is 10.1 Å². The summed E-state index contributed by atoms with van der Waals surface area (Å²) in [6.45, 7) is 5.46. The van der Waals surface area contributed by atoms with Gasteiger partial charge in [-0.25, -0.2) is 4.68 Å². The second kappa shape index (κ2) is 5.88. The molecule has 0 amide bonds. The molecule has 0 radical (unpaired) electrons. The van der Waals surface area contributed by atoms with Crippen molar-refractivity contribution in [1.29, 1.82) is 5.26 Å². The first-order valence-electron chi connectivity index (χ1n) is 6.56. The summed E-state index contributed by atoms with van der Waals surface area (Å²) in [4.78, 5) is 12.7. The smallest absolute Gasteiger partial charge is 0.333 e. The number of nitrogens with zero attached hydrogens (tertiary/aromatic N) is 5. The predicted octanol–water partition coefficient (Wildman–Crippen LogP) is 1.24. The van der Waals surface area contributed by atoms with Gasteiger partial charge in [0.05, 0.1) is 24.1 Å². The molecule has 0 saturated carbocycles. The average Bonchev–Trinajstić information content (AvgIpc) is 2.76. The van der Waals surface area contributed by atoms with Crippen LogP contribution in [0.3, 0.4) is 0 Å². The van der Waals surface area contributed by atoms with E-state index in [0.717, 1.165) is 6.42 Å². The van der Waals surface area contributed by atoms with E-state index in [9.17, 15) is 10.1 Å². The third kappa shape index (κ3) is 2.58. The largest absolute Gasteiger partial charge is 0.360 e. The Balaban J connectivity index is 2.42. The number of aryl methyl sites for hydroxylation is 2. The number of aromatic nitrogens is 2. The van der Waals surface area contributed by atoms with Crippen LogP contribution in [0.4, 0.5) is 11.5 Å². The van der Waals surface area contributed by atoms with Crippen LogP contribution in [0.25, 0.3) is 0 Å². The molecule has 1 aromatic rings. The van der Waals surface area contributed by atoms with Crippen LogP contribution in [0, 0.1) is 28.4 Å². The summed E-state index contributed by atoms with van der Waals surface area (Å²) in [6, 6.07) is 2.05. The van der Waals surface area contributed by atoms with Gasteiger partial charge in [-0.05, 0) is 13.3 Å². The van der Waals surface area contributed by atoms with E-state index in [1.165, 1.54) is 0 Å². The van der Waals surface area contributed by atoms with Crippen LogP contribution in [0.5, 0.6) is 0 Å². The first-order valence-corrected chi connectivity index (χ1v) is 6.56. The van der Waals surface area contributed by atoms with Crippen molar-refractivity contribution in [3.63, 3.8) is 0 Å². The van der Waals surface area contributed by atoms with E-state index in [0.29, 0.717) is 37.8 Å². The van der Waals surface area contributed by atoms with Crippen molar-refractivity contribution in [3.05, 3.63) is 15.8 Å². The lowest BCUT2D eigenvalue weighted by atomic mass is 10.2. The fourth-order valence-corrected chi connectivity index (χ4v) is 2.37. The van der Waals surface area contributed by atoms with Crippen LogP contribution in [-0.4, -0.2) is 40.5 Å². The molecule has 1 unspecified atom stereocenters. The lowest BCUT2D eigenvalue weighted by Gasteiger charge is -2.30. The zero-order chi connectivity index (χ0) is 14.7. The molecule has 0 aliphatic carbocycles. The molecule has 2 rings (SSSR count). The van der Waals surface area contributed by atoms with Crippen LogP contribution >= 0.6 is 0 Å². The average molecular weight is 279 g/mol. The van der Waals surface area contributed by atoms with Crippen molar-refractivity contribution in [2.24, 2.45) is 0 Å². The molecular formula is C12H17N5O3. The number of nitro groups is 1. The molecule has 8 nitrogen and oxygen atoms in total. The molecule has 0 N–H and O–H groups in total. The van der Waals surface area contributed by atoms with Gasteiger partial charge in [0.25, 0.3) is 0 Å². The molecule has 0 spiro atoms. The lowest BCUT2D eigenvalue weighted by molar-refractivity contribution is -0.384. The quantitative estimate of drug-likeness (QED) is 0.607. The Morgan fingerprint density at radius 3 is 3.00 bits per heavy atom. The normalized spacial score (nSPS) is 18.9. The van der Waals surface area contributed by atoms with E-state index in [1.54, 1.807) is 11.6 Å². The van der Waals surface area contributed by atoms with Crippen LogP contribution < -0.4 is 4.90 Å². The number of ether oxygens (including phenoxy) is 1. The van der Waals surface area contributed by atoms with Gasteiger partial charge in [0.1, 0.15) is 5.69 Å². The van der Waals surface area contributed by atoms with E-state index in [-0.39, 0.29) is 5.69 Å². The number of hydrogen-bond donors (Lipinski definition) is 0. The molecule has 1 saturated heterocycles. The minimum atomic E-state index is -0.561. The van der Waals surface area contributed by atoms with Crippen molar-refractivity contribution < 1.29 is 9.66 Å². The Bertz CT molecular complexity index is 548. The second-order valence-electron chi connectivity index (χ2n) is 4.67. The Morgan fingerprint density at radius 1 is 1.65 bits per heavy atom. The third-order valence-electron chi connectivity index (χ3n) is 3.20. The van der Waals surface area contributed by atoms with Gasteiger partial charge < -0.3 is 9.64 Å². The highest BCUT2D eigenvalue weighted by atomic mass is 16.6. The van der Waals surface area contributed by atoms with Crippen molar-refractivity contribution in [2.75, 3.05) is 24.6 Å². The zero-order valence-electron chi connectivity index (χ0n) is 11.6. The summed E-state index contributed by atoms with van der Waals surface area (Å²) in [6.07, 6.45) is 0.269. The maximum Gasteiger partial charge on any atom is 0.333 e. The summed E-state index contributed by atoms with van der Waals surface area (Å²) in [7, 11) is 0. The first kappa shape index (κ1) is 14.3. The molecule has 1 aromatic heterocycles. The fraction of sp³-hybridized carbons (Fsp3) is 0.667. The van der Waals surface area contributed by atoms with Crippen LogP contribution in [-0.2, 0) is 11.3 Å². The molecule has 20 heavy (non-hydrogen) atoms. The van der Waals surface area contributed by atoms with Crippen LogP contribution in [0.2, 0.25) is 0 Å². The second-order valence-corrected chi connectivity index (χ2v) is 4.67. The Labute approximate surface area is 116 Å². The summed E-state index contributed by atoms with van der Waals surface area (Å²) in [5, 5.41) is 24.5. The van der Waals surface area contributed by atoms with Gasteiger partial charge in [0.2, 0.25) is 5.82 Å². The third-order valence-corrected chi connectivity index (χ3v) is 3.20. The van der Waals surface area contributed by atoms with E-state index >= 15 is 0 Å². The van der Waals surface area contributed by atoms with E-state index in [2.05, 4.69) is 5.10 Å². The Kier molecular flexibility index (Phi) is 4.20. The molecule has 1 aliphatic rings. The van der Waals surface area contributed by atoms with Gasteiger partial charge in [0, 0.05) is 13.1 Å². The number of nitriles is 1. The molecule has 8 heteroatoms. The maximum atomic E-state index is 11.3. The minimum absolute atomic E-state index is 0.0250. The topological polar surface area (TPSA) is 97.2 Å². The van der Waals surface area contributed by atoms with Crippen LogP contribution in [0.15, 0.2) is 0 Å². The first-order chi connectivity index (χ1) is 9.58. The monoisotopic (exact) mass is 279 g/mol. The molecule has 0 bridgehead atoms. The summed E-state index contributed by atoms with van der Waals surface area (Å²) in [5.41, 5.74) is 0.426. The number of hydrogen-bond acceptors (Lipinski definition) is 6. The SMILES string of the molecule is CCCn1nc(C)c([N+](=O)[O-])c1N1CCOC(C#N)C1. The number of morpholine rings is 1. The highest BCUT2D eigenvalue weighted by Crippen LogP contribution is 2.32. The number of rotatable bonds is 4. The van der Waals surface area contributed by atoms with Crippen molar-refractivity contribution >= 4 is 11.5 Å². The van der Waals surface area contributed by atoms with Crippen molar-refractivity contribution in [2.45, 2.75) is 32.9 Å². The minimum Gasteiger partial charge on any atom is -0.360 e. The Hall–Kier alpha value is -2.14. The summed E-state index contributed by atoms with van der Waals surface area (Å²) >= 11 is 0. The molecular weight excluding hydrogens is 262 g/mol. The van der Waals surface area contributed by atoms with Crippen molar-refractivity contribution in [1.82, 2.24) is 9.78 Å². The predicted molar refractivity (Wildman–Crippen MR) is 71.5 cm³/mol. The van der Waals surface area contributed by atoms with Gasteiger partial charge in [-0.1, -0.05) is 6.92 Å². The molecule has 2 heterocycles.